The van der Waals surface area contributed by atoms with Crippen molar-refractivity contribution < 1.29 is 18.3 Å². The summed E-state index contributed by atoms with van der Waals surface area (Å²) in [5, 5.41) is 0. The number of halogens is 1. The van der Waals surface area contributed by atoms with Crippen molar-refractivity contribution in [3.63, 3.8) is 0 Å². The minimum Gasteiger partial charge on any atom is -0.464 e. The smallest absolute Gasteiger partial charge is 0.183 e. The predicted molar refractivity (Wildman–Crippen MR) is 60.9 cm³/mol. The first kappa shape index (κ1) is 11.8. The molecule has 1 aromatic carbocycles. The average molecular weight is 236 g/mol. The topological polar surface area (TPSA) is 31.6 Å². The van der Waals surface area contributed by atoms with Crippen molar-refractivity contribution in [1.82, 2.24) is 0 Å². The van der Waals surface area contributed by atoms with Crippen molar-refractivity contribution in [3.05, 3.63) is 48.0 Å². The summed E-state index contributed by atoms with van der Waals surface area (Å²) >= 11 is 0. The van der Waals surface area contributed by atoms with E-state index >= 15 is 0 Å². The number of hydrogen-bond acceptors (Lipinski definition) is 3. The molecule has 0 fully saturated rings. The van der Waals surface area contributed by atoms with Gasteiger partial charge in [-0.3, -0.25) is 0 Å². The van der Waals surface area contributed by atoms with Gasteiger partial charge in [0.25, 0.3) is 0 Å². The van der Waals surface area contributed by atoms with Gasteiger partial charge in [-0.1, -0.05) is 6.07 Å². The van der Waals surface area contributed by atoms with Gasteiger partial charge in [0.15, 0.2) is 6.29 Å². The molecule has 17 heavy (non-hydrogen) atoms. The Labute approximate surface area is 98.8 Å². The fraction of sp³-hybridized carbons (Fsp3) is 0.231. The molecule has 0 N–H and O–H groups in total. The van der Waals surface area contributed by atoms with Gasteiger partial charge < -0.3 is 13.9 Å². The normalized spacial score (nSPS) is 11.1. The van der Waals surface area contributed by atoms with Gasteiger partial charge in [0.05, 0.1) is 11.8 Å². The van der Waals surface area contributed by atoms with Crippen molar-refractivity contribution in [3.8, 4) is 11.3 Å². The van der Waals surface area contributed by atoms with Crippen LogP contribution in [-0.4, -0.2) is 14.2 Å². The first-order chi connectivity index (χ1) is 8.26. The zero-order valence-corrected chi connectivity index (χ0v) is 9.64. The molecular weight excluding hydrogens is 223 g/mol. The molecule has 90 valence electrons. The van der Waals surface area contributed by atoms with E-state index in [0.29, 0.717) is 16.9 Å². The van der Waals surface area contributed by atoms with Gasteiger partial charge in [0, 0.05) is 19.8 Å². The molecule has 3 nitrogen and oxygen atoms in total. The Bertz CT molecular complexity index is 475. The lowest BCUT2D eigenvalue weighted by Crippen LogP contribution is -2.04. The van der Waals surface area contributed by atoms with Gasteiger partial charge in [-0.2, -0.15) is 0 Å². The number of benzene rings is 1. The summed E-state index contributed by atoms with van der Waals surface area (Å²) in [6, 6.07) is 8.21. The first-order valence-corrected chi connectivity index (χ1v) is 5.15. The predicted octanol–water partition coefficient (Wildman–Crippen LogP) is 3.38. The van der Waals surface area contributed by atoms with Crippen LogP contribution in [0.15, 0.2) is 41.0 Å². The van der Waals surface area contributed by atoms with Crippen LogP contribution in [0, 0.1) is 5.82 Å². The van der Waals surface area contributed by atoms with Crippen LogP contribution < -0.4 is 0 Å². The highest BCUT2D eigenvalue weighted by Crippen LogP contribution is 2.27. The maximum atomic E-state index is 13.9. The second kappa shape index (κ2) is 5.12. The summed E-state index contributed by atoms with van der Waals surface area (Å²) in [6.45, 7) is 0. The zero-order chi connectivity index (χ0) is 12.3. The third-order valence-corrected chi connectivity index (χ3v) is 2.48. The lowest BCUT2D eigenvalue weighted by molar-refractivity contribution is -0.106. The maximum Gasteiger partial charge on any atom is 0.183 e. The molecule has 0 saturated heterocycles. The maximum absolute atomic E-state index is 13.9. The molecule has 0 bridgehead atoms. The van der Waals surface area contributed by atoms with E-state index in [4.69, 9.17) is 13.9 Å². The molecule has 4 heteroatoms. The van der Waals surface area contributed by atoms with Crippen LogP contribution in [0.2, 0.25) is 0 Å². The standard InChI is InChI=1S/C13H13FO3/c1-15-13(16-2)9-5-6-10(11(14)8-9)12-4-3-7-17-12/h3-8,13H,1-2H3. The Morgan fingerprint density at radius 2 is 1.94 bits per heavy atom. The van der Waals surface area contributed by atoms with E-state index in [-0.39, 0.29) is 5.82 Å². The number of ether oxygens (including phenoxy) is 2. The highest BCUT2D eigenvalue weighted by molar-refractivity contribution is 5.58. The summed E-state index contributed by atoms with van der Waals surface area (Å²) in [5.74, 6) is 0.136. The molecule has 0 saturated carbocycles. The minimum absolute atomic E-state index is 0.364. The number of methoxy groups -OCH3 is 2. The minimum atomic E-state index is -0.560. The molecule has 2 aromatic rings. The zero-order valence-electron chi connectivity index (χ0n) is 9.64. The van der Waals surface area contributed by atoms with Crippen LogP contribution in [0.25, 0.3) is 11.3 Å². The Kier molecular flexibility index (Phi) is 3.56. The first-order valence-electron chi connectivity index (χ1n) is 5.15. The lowest BCUT2D eigenvalue weighted by Gasteiger charge is -2.14. The highest BCUT2D eigenvalue weighted by Gasteiger charge is 2.13. The quantitative estimate of drug-likeness (QED) is 0.763. The van der Waals surface area contributed by atoms with E-state index in [1.807, 2.05) is 0 Å². The molecule has 0 radical (unpaired) electrons. The van der Waals surface area contributed by atoms with Crippen LogP contribution >= 0.6 is 0 Å². The fourth-order valence-electron chi connectivity index (χ4n) is 1.68. The van der Waals surface area contributed by atoms with Crippen LogP contribution in [0.1, 0.15) is 11.9 Å². The molecule has 0 aliphatic heterocycles. The summed E-state index contributed by atoms with van der Waals surface area (Å²) in [7, 11) is 3.01. The molecule has 0 unspecified atom stereocenters. The van der Waals surface area contributed by atoms with Gasteiger partial charge in [-0.25, -0.2) is 4.39 Å². The molecular formula is C13H13FO3. The van der Waals surface area contributed by atoms with E-state index < -0.39 is 6.29 Å². The molecule has 2 rings (SSSR count). The van der Waals surface area contributed by atoms with E-state index in [9.17, 15) is 4.39 Å². The van der Waals surface area contributed by atoms with Crippen LogP contribution in [0.3, 0.4) is 0 Å². The van der Waals surface area contributed by atoms with Gasteiger partial charge >= 0.3 is 0 Å². The monoisotopic (exact) mass is 236 g/mol. The second-order valence-electron chi connectivity index (χ2n) is 3.52. The van der Waals surface area contributed by atoms with Crippen molar-refractivity contribution in [2.45, 2.75) is 6.29 Å². The average Bonchev–Trinajstić information content (AvgIpc) is 2.84. The number of rotatable bonds is 4. The van der Waals surface area contributed by atoms with Crippen molar-refractivity contribution in [2.24, 2.45) is 0 Å². The van der Waals surface area contributed by atoms with Crippen molar-refractivity contribution >= 4 is 0 Å². The highest BCUT2D eigenvalue weighted by atomic mass is 19.1. The fourth-order valence-corrected chi connectivity index (χ4v) is 1.68. The number of furan rings is 1. The van der Waals surface area contributed by atoms with Crippen LogP contribution in [0.5, 0.6) is 0 Å². The molecule has 0 spiro atoms. The van der Waals surface area contributed by atoms with E-state index in [0.717, 1.165) is 0 Å². The Morgan fingerprint density at radius 1 is 1.18 bits per heavy atom. The third-order valence-electron chi connectivity index (χ3n) is 2.48. The number of hydrogen-bond donors (Lipinski definition) is 0. The molecule has 0 amide bonds. The molecule has 1 aromatic heterocycles. The van der Waals surface area contributed by atoms with Gasteiger partial charge in [-0.05, 0) is 24.3 Å². The SMILES string of the molecule is COC(OC)c1ccc(-c2ccco2)c(F)c1. The lowest BCUT2D eigenvalue weighted by atomic mass is 10.1. The summed E-state index contributed by atoms with van der Waals surface area (Å²) in [4.78, 5) is 0. The second-order valence-corrected chi connectivity index (χ2v) is 3.52. The van der Waals surface area contributed by atoms with Gasteiger partial charge in [-0.15, -0.1) is 0 Å². The van der Waals surface area contributed by atoms with Gasteiger partial charge in [0.2, 0.25) is 0 Å². The van der Waals surface area contributed by atoms with E-state index in [1.165, 1.54) is 26.5 Å². The molecule has 0 atom stereocenters. The molecule has 1 heterocycles. The van der Waals surface area contributed by atoms with Crippen molar-refractivity contribution in [2.75, 3.05) is 14.2 Å². The summed E-state index contributed by atoms with van der Waals surface area (Å²) < 4.78 is 29.1. The Hall–Kier alpha value is -1.65. The summed E-state index contributed by atoms with van der Waals surface area (Å²) in [5.41, 5.74) is 1.05. The largest absolute Gasteiger partial charge is 0.464 e. The van der Waals surface area contributed by atoms with Crippen LogP contribution in [0.4, 0.5) is 4.39 Å². The van der Waals surface area contributed by atoms with Crippen LogP contribution in [-0.2, 0) is 9.47 Å². The van der Waals surface area contributed by atoms with Gasteiger partial charge in [0.1, 0.15) is 11.6 Å². The van der Waals surface area contributed by atoms with E-state index in [2.05, 4.69) is 0 Å². The summed E-state index contributed by atoms with van der Waals surface area (Å²) in [6.07, 6.45) is 0.950. The van der Waals surface area contributed by atoms with E-state index in [1.54, 1.807) is 24.3 Å². The third kappa shape index (κ3) is 2.38. The Morgan fingerprint density at radius 3 is 2.47 bits per heavy atom. The Balaban J connectivity index is 2.35. The van der Waals surface area contributed by atoms with Crippen molar-refractivity contribution in [1.29, 1.82) is 0 Å². The molecule has 0 aliphatic carbocycles. The molecule has 0 aliphatic rings.